The third kappa shape index (κ3) is 5.35. The van der Waals surface area contributed by atoms with Crippen molar-refractivity contribution >= 4 is 5.69 Å². The van der Waals surface area contributed by atoms with Crippen LogP contribution >= 0.6 is 0 Å². The molecule has 1 aromatic carbocycles. The minimum atomic E-state index is 1.00. The summed E-state index contributed by atoms with van der Waals surface area (Å²) in [4.78, 5) is 2.39. The average molecular weight is 288 g/mol. The third-order valence-corrected chi connectivity index (χ3v) is 4.83. The van der Waals surface area contributed by atoms with Crippen molar-refractivity contribution in [3.8, 4) is 0 Å². The number of hydrogen-bond donors (Lipinski definition) is 1. The molecule has 1 saturated carbocycles. The van der Waals surface area contributed by atoms with Crippen molar-refractivity contribution in [1.29, 1.82) is 0 Å². The molecule has 0 aliphatic heterocycles. The Kier molecular flexibility index (Phi) is 7.08. The summed E-state index contributed by atoms with van der Waals surface area (Å²) < 4.78 is 0. The fourth-order valence-corrected chi connectivity index (χ4v) is 3.46. The normalized spacial score (nSPS) is 15.5. The number of nitrogens with zero attached hydrogens (tertiary/aromatic N) is 1. The Morgan fingerprint density at radius 2 is 1.71 bits per heavy atom. The van der Waals surface area contributed by atoms with Gasteiger partial charge in [-0.1, -0.05) is 37.8 Å². The standard InChI is InChI=1S/C19H32N2/c1-3-21(4-2)19-13-11-18(12-14-19)16-20-15-7-10-17-8-5-6-9-17/h11-14,17,20H,3-10,15-16H2,1-2H3. The maximum atomic E-state index is 3.59. The Hall–Kier alpha value is -1.02. The largest absolute Gasteiger partial charge is 0.372 e. The van der Waals surface area contributed by atoms with Crippen LogP contribution in [0.15, 0.2) is 24.3 Å². The summed E-state index contributed by atoms with van der Waals surface area (Å²) in [5.41, 5.74) is 2.73. The summed E-state index contributed by atoms with van der Waals surface area (Å²) in [7, 11) is 0. The van der Waals surface area contributed by atoms with Gasteiger partial charge in [0.05, 0.1) is 0 Å². The molecule has 1 fully saturated rings. The van der Waals surface area contributed by atoms with Crippen molar-refractivity contribution < 1.29 is 0 Å². The lowest BCUT2D eigenvalue weighted by atomic mass is 10.0. The zero-order chi connectivity index (χ0) is 14.9. The van der Waals surface area contributed by atoms with Gasteiger partial charge in [-0.15, -0.1) is 0 Å². The summed E-state index contributed by atoms with van der Waals surface area (Å²) >= 11 is 0. The molecule has 1 N–H and O–H groups in total. The van der Waals surface area contributed by atoms with Gasteiger partial charge in [0.15, 0.2) is 0 Å². The van der Waals surface area contributed by atoms with E-state index in [2.05, 4.69) is 48.3 Å². The number of anilines is 1. The highest BCUT2D eigenvalue weighted by Crippen LogP contribution is 2.28. The number of nitrogens with one attached hydrogen (secondary N) is 1. The van der Waals surface area contributed by atoms with Crippen LogP contribution in [0.5, 0.6) is 0 Å². The molecular formula is C19H32N2. The molecule has 2 nitrogen and oxygen atoms in total. The van der Waals surface area contributed by atoms with Gasteiger partial charge in [0, 0.05) is 25.3 Å². The first-order valence-corrected chi connectivity index (χ1v) is 8.88. The molecule has 2 rings (SSSR count). The Balaban J connectivity index is 1.64. The lowest BCUT2D eigenvalue weighted by Gasteiger charge is -2.21. The molecule has 0 saturated heterocycles. The summed E-state index contributed by atoms with van der Waals surface area (Å²) in [5, 5.41) is 3.59. The van der Waals surface area contributed by atoms with Crippen LogP contribution in [0.4, 0.5) is 5.69 Å². The monoisotopic (exact) mass is 288 g/mol. The number of hydrogen-bond acceptors (Lipinski definition) is 2. The molecular weight excluding hydrogens is 256 g/mol. The summed E-state index contributed by atoms with van der Waals surface area (Å²) in [6, 6.07) is 9.03. The highest BCUT2D eigenvalue weighted by Gasteiger charge is 2.13. The molecule has 118 valence electrons. The second-order valence-electron chi connectivity index (χ2n) is 6.31. The maximum Gasteiger partial charge on any atom is 0.0366 e. The van der Waals surface area contributed by atoms with Crippen molar-refractivity contribution in [2.45, 2.75) is 58.9 Å². The zero-order valence-corrected chi connectivity index (χ0v) is 13.9. The van der Waals surface area contributed by atoms with Crippen LogP contribution in [0, 0.1) is 5.92 Å². The molecule has 0 atom stereocenters. The van der Waals surface area contributed by atoms with E-state index in [0.29, 0.717) is 0 Å². The molecule has 0 amide bonds. The van der Waals surface area contributed by atoms with Crippen LogP contribution in [0.2, 0.25) is 0 Å². The van der Waals surface area contributed by atoms with Gasteiger partial charge in [-0.25, -0.2) is 0 Å². The topological polar surface area (TPSA) is 15.3 Å². The lowest BCUT2D eigenvalue weighted by molar-refractivity contribution is 0.470. The van der Waals surface area contributed by atoms with Gasteiger partial charge in [0.2, 0.25) is 0 Å². The molecule has 1 aliphatic rings. The maximum absolute atomic E-state index is 3.59. The van der Waals surface area contributed by atoms with Crippen molar-refractivity contribution in [1.82, 2.24) is 5.32 Å². The fraction of sp³-hybridized carbons (Fsp3) is 0.684. The molecule has 21 heavy (non-hydrogen) atoms. The van der Waals surface area contributed by atoms with Crippen molar-refractivity contribution in [3.05, 3.63) is 29.8 Å². The molecule has 1 aromatic rings. The zero-order valence-electron chi connectivity index (χ0n) is 13.9. The Morgan fingerprint density at radius 1 is 1.05 bits per heavy atom. The van der Waals surface area contributed by atoms with Crippen LogP contribution in [-0.2, 0) is 6.54 Å². The highest BCUT2D eigenvalue weighted by atomic mass is 15.1. The quantitative estimate of drug-likeness (QED) is 0.668. The van der Waals surface area contributed by atoms with Gasteiger partial charge in [-0.3, -0.25) is 0 Å². The SMILES string of the molecule is CCN(CC)c1ccc(CNCCCC2CCCC2)cc1. The summed E-state index contributed by atoms with van der Waals surface area (Å²) in [6.45, 7) is 8.74. The molecule has 2 heteroatoms. The summed E-state index contributed by atoms with van der Waals surface area (Å²) in [5.74, 6) is 1.03. The summed E-state index contributed by atoms with van der Waals surface area (Å²) in [6.07, 6.45) is 8.66. The number of rotatable bonds is 9. The second kappa shape index (κ2) is 9.09. The molecule has 0 radical (unpaired) electrons. The van der Waals surface area contributed by atoms with E-state index in [0.717, 1.165) is 32.1 Å². The van der Waals surface area contributed by atoms with E-state index < -0.39 is 0 Å². The smallest absolute Gasteiger partial charge is 0.0366 e. The van der Waals surface area contributed by atoms with Crippen molar-refractivity contribution in [2.75, 3.05) is 24.5 Å². The average Bonchev–Trinajstić information content (AvgIpc) is 3.03. The van der Waals surface area contributed by atoms with E-state index >= 15 is 0 Å². The van der Waals surface area contributed by atoms with E-state index in [1.807, 2.05) is 0 Å². The molecule has 0 bridgehead atoms. The van der Waals surface area contributed by atoms with E-state index in [1.54, 1.807) is 0 Å². The first-order valence-electron chi connectivity index (χ1n) is 8.88. The molecule has 1 aliphatic carbocycles. The van der Waals surface area contributed by atoms with Gasteiger partial charge in [0.25, 0.3) is 0 Å². The lowest BCUT2D eigenvalue weighted by Crippen LogP contribution is -2.21. The van der Waals surface area contributed by atoms with Crippen LogP contribution in [0.3, 0.4) is 0 Å². The Labute approximate surface area is 130 Å². The first-order chi connectivity index (χ1) is 10.3. The van der Waals surface area contributed by atoms with Crippen LogP contribution < -0.4 is 10.2 Å². The highest BCUT2D eigenvalue weighted by molar-refractivity contribution is 5.47. The fourth-order valence-electron chi connectivity index (χ4n) is 3.46. The van der Waals surface area contributed by atoms with Crippen LogP contribution in [0.1, 0.15) is 57.9 Å². The van der Waals surface area contributed by atoms with Crippen LogP contribution in [0.25, 0.3) is 0 Å². The molecule has 0 heterocycles. The predicted molar refractivity (Wildman–Crippen MR) is 92.9 cm³/mol. The second-order valence-corrected chi connectivity index (χ2v) is 6.31. The van der Waals surface area contributed by atoms with E-state index in [4.69, 9.17) is 0 Å². The van der Waals surface area contributed by atoms with Gasteiger partial charge in [-0.05, 0) is 56.8 Å². The van der Waals surface area contributed by atoms with Gasteiger partial charge in [-0.2, -0.15) is 0 Å². The minimum absolute atomic E-state index is 1.00. The molecule has 0 spiro atoms. The van der Waals surface area contributed by atoms with Crippen LogP contribution in [-0.4, -0.2) is 19.6 Å². The van der Waals surface area contributed by atoms with E-state index in [1.165, 1.54) is 49.8 Å². The van der Waals surface area contributed by atoms with Gasteiger partial charge in [0.1, 0.15) is 0 Å². The Bertz CT molecular complexity index is 375. The first kappa shape index (κ1) is 16.4. The predicted octanol–water partition coefficient (Wildman–Crippen LogP) is 4.59. The molecule has 0 unspecified atom stereocenters. The number of benzene rings is 1. The third-order valence-electron chi connectivity index (χ3n) is 4.83. The van der Waals surface area contributed by atoms with E-state index in [-0.39, 0.29) is 0 Å². The van der Waals surface area contributed by atoms with Crippen molar-refractivity contribution in [3.63, 3.8) is 0 Å². The Morgan fingerprint density at radius 3 is 2.33 bits per heavy atom. The van der Waals surface area contributed by atoms with Gasteiger partial charge >= 0.3 is 0 Å². The molecule has 0 aromatic heterocycles. The van der Waals surface area contributed by atoms with E-state index in [9.17, 15) is 0 Å². The van der Waals surface area contributed by atoms with Gasteiger partial charge < -0.3 is 10.2 Å². The van der Waals surface area contributed by atoms with Crippen molar-refractivity contribution in [2.24, 2.45) is 5.92 Å². The minimum Gasteiger partial charge on any atom is -0.372 e.